The second kappa shape index (κ2) is 5.55. The number of nitrogens with one attached hydrogen (secondary N) is 2. The Kier molecular flexibility index (Phi) is 3.38. The first-order chi connectivity index (χ1) is 11.3. The minimum absolute atomic E-state index is 0.0944. The third-order valence-electron chi connectivity index (χ3n) is 4.42. The maximum absolute atomic E-state index is 5.21. The van der Waals surface area contributed by atoms with Gasteiger partial charge in [0.15, 0.2) is 0 Å². The Labute approximate surface area is 134 Å². The van der Waals surface area contributed by atoms with Gasteiger partial charge in [-0.3, -0.25) is 0 Å². The maximum atomic E-state index is 5.21. The van der Waals surface area contributed by atoms with E-state index in [0.717, 1.165) is 41.4 Å². The fourth-order valence-corrected chi connectivity index (χ4v) is 3.17. The smallest absolute Gasteiger partial charge is 0.119 e. The molecule has 2 aromatic heterocycles. The number of H-pyrrole nitrogens is 1. The third kappa shape index (κ3) is 2.31. The molecule has 6 nitrogen and oxygen atoms in total. The van der Waals surface area contributed by atoms with Gasteiger partial charge in [-0.25, -0.2) is 9.67 Å². The van der Waals surface area contributed by atoms with Crippen LogP contribution in [0.15, 0.2) is 36.8 Å². The summed E-state index contributed by atoms with van der Waals surface area (Å²) < 4.78 is 7.17. The van der Waals surface area contributed by atoms with Gasteiger partial charge in [0, 0.05) is 29.9 Å². The average molecular weight is 309 g/mol. The molecular weight excluding hydrogens is 290 g/mol. The molecule has 0 spiro atoms. The normalized spacial score (nSPS) is 17.0. The Balaban J connectivity index is 1.72. The lowest BCUT2D eigenvalue weighted by Crippen LogP contribution is -2.31. The Morgan fingerprint density at radius 3 is 2.87 bits per heavy atom. The molecule has 1 aromatic carbocycles. The van der Waals surface area contributed by atoms with Crippen molar-refractivity contribution in [3.05, 3.63) is 59.4 Å². The van der Waals surface area contributed by atoms with Crippen LogP contribution in [-0.2, 0) is 6.42 Å². The molecule has 2 N–H and O–H groups in total. The lowest BCUT2D eigenvalue weighted by atomic mass is 9.99. The van der Waals surface area contributed by atoms with Gasteiger partial charge in [0.25, 0.3) is 0 Å². The van der Waals surface area contributed by atoms with Gasteiger partial charge in [0.1, 0.15) is 5.75 Å². The summed E-state index contributed by atoms with van der Waals surface area (Å²) in [5, 5.41) is 8.12. The number of hydrogen-bond acceptors (Lipinski definition) is 4. The molecule has 3 aromatic rings. The molecule has 0 fully saturated rings. The molecule has 0 saturated heterocycles. The first-order valence-corrected chi connectivity index (χ1v) is 7.72. The minimum atomic E-state index is 0.0944. The number of ether oxygens (including phenoxy) is 1. The van der Waals surface area contributed by atoms with Gasteiger partial charge < -0.3 is 15.0 Å². The van der Waals surface area contributed by atoms with E-state index in [-0.39, 0.29) is 6.04 Å². The summed E-state index contributed by atoms with van der Waals surface area (Å²) in [6, 6.07) is 8.01. The predicted octanol–water partition coefficient (Wildman–Crippen LogP) is 2.15. The van der Waals surface area contributed by atoms with Gasteiger partial charge >= 0.3 is 0 Å². The zero-order valence-corrected chi connectivity index (χ0v) is 13.2. The quantitative estimate of drug-likeness (QED) is 0.778. The highest BCUT2D eigenvalue weighted by atomic mass is 16.5. The summed E-state index contributed by atoms with van der Waals surface area (Å²) in [7, 11) is 1.67. The first-order valence-electron chi connectivity index (χ1n) is 7.72. The van der Waals surface area contributed by atoms with Crippen molar-refractivity contribution in [3.63, 3.8) is 0 Å². The van der Waals surface area contributed by atoms with E-state index >= 15 is 0 Å². The molecule has 1 atom stereocenters. The fraction of sp³-hybridized carbons (Fsp3) is 0.294. The van der Waals surface area contributed by atoms with Crippen molar-refractivity contribution in [2.45, 2.75) is 19.4 Å². The fourth-order valence-electron chi connectivity index (χ4n) is 3.17. The summed E-state index contributed by atoms with van der Waals surface area (Å²) >= 11 is 0. The van der Waals surface area contributed by atoms with E-state index in [2.05, 4.69) is 27.3 Å². The van der Waals surface area contributed by atoms with E-state index in [4.69, 9.17) is 4.74 Å². The van der Waals surface area contributed by atoms with Crippen LogP contribution in [0.1, 0.15) is 28.7 Å². The monoisotopic (exact) mass is 309 g/mol. The van der Waals surface area contributed by atoms with Crippen LogP contribution in [0.4, 0.5) is 0 Å². The number of imidazole rings is 1. The van der Waals surface area contributed by atoms with E-state index < -0.39 is 0 Å². The predicted molar refractivity (Wildman–Crippen MR) is 87.0 cm³/mol. The zero-order chi connectivity index (χ0) is 15.8. The summed E-state index contributed by atoms with van der Waals surface area (Å²) in [5.74, 6) is 0.842. The first kappa shape index (κ1) is 14.0. The van der Waals surface area contributed by atoms with Crippen LogP contribution in [0.3, 0.4) is 0 Å². The molecule has 0 saturated carbocycles. The van der Waals surface area contributed by atoms with Crippen LogP contribution < -0.4 is 10.1 Å². The largest absolute Gasteiger partial charge is 0.497 e. The molecule has 23 heavy (non-hydrogen) atoms. The lowest BCUT2D eigenvalue weighted by molar-refractivity contribution is 0.414. The summed E-state index contributed by atoms with van der Waals surface area (Å²) in [6.45, 7) is 3.03. The van der Waals surface area contributed by atoms with Gasteiger partial charge in [0.2, 0.25) is 0 Å². The molecule has 1 aliphatic rings. The van der Waals surface area contributed by atoms with Crippen molar-refractivity contribution in [3.8, 4) is 11.4 Å². The topological polar surface area (TPSA) is 67.8 Å². The Bertz CT molecular complexity index is 818. The molecule has 4 rings (SSSR count). The number of aromatic nitrogens is 4. The molecule has 0 aliphatic carbocycles. The highest BCUT2D eigenvalue weighted by molar-refractivity contribution is 5.41. The lowest BCUT2D eigenvalue weighted by Gasteiger charge is -2.23. The Morgan fingerprint density at radius 1 is 1.26 bits per heavy atom. The van der Waals surface area contributed by atoms with Gasteiger partial charge in [-0.15, -0.1) is 0 Å². The van der Waals surface area contributed by atoms with Crippen LogP contribution in [0.25, 0.3) is 5.69 Å². The van der Waals surface area contributed by atoms with E-state index in [1.54, 1.807) is 13.4 Å². The second-order valence-electron chi connectivity index (χ2n) is 5.70. The van der Waals surface area contributed by atoms with E-state index in [1.165, 1.54) is 5.69 Å². The van der Waals surface area contributed by atoms with E-state index in [1.807, 2.05) is 35.1 Å². The highest BCUT2D eigenvalue weighted by Crippen LogP contribution is 2.29. The zero-order valence-electron chi connectivity index (χ0n) is 13.2. The Hall–Kier alpha value is -2.60. The molecule has 3 heterocycles. The number of aromatic amines is 1. The Morgan fingerprint density at radius 2 is 2.09 bits per heavy atom. The molecule has 0 unspecified atom stereocenters. The van der Waals surface area contributed by atoms with Gasteiger partial charge in [-0.05, 0) is 31.2 Å². The molecule has 1 aliphatic heterocycles. The van der Waals surface area contributed by atoms with Gasteiger partial charge in [-0.1, -0.05) is 0 Å². The molecule has 118 valence electrons. The summed E-state index contributed by atoms with van der Waals surface area (Å²) in [5.41, 5.74) is 5.59. The van der Waals surface area contributed by atoms with Crippen molar-refractivity contribution in [1.29, 1.82) is 0 Å². The SMILES string of the molecule is COc1ccc(-n2ncc([C@@H]3NCCc4[nH]cnc43)c2C)cc1. The van der Waals surface area contributed by atoms with Crippen LogP contribution in [0.5, 0.6) is 5.75 Å². The maximum Gasteiger partial charge on any atom is 0.119 e. The van der Waals surface area contributed by atoms with Crippen LogP contribution in [-0.4, -0.2) is 33.4 Å². The number of fused-ring (bicyclic) bond motifs is 1. The van der Waals surface area contributed by atoms with Crippen LogP contribution in [0.2, 0.25) is 0 Å². The number of rotatable bonds is 3. The van der Waals surface area contributed by atoms with Gasteiger partial charge in [-0.2, -0.15) is 5.10 Å². The second-order valence-corrected chi connectivity index (χ2v) is 5.70. The van der Waals surface area contributed by atoms with E-state index in [9.17, 15) is 0 Å². The van der Waals surface area contributed by atoms with Crippen molar-refractivity contribution in [1.82, 2.24) is 25.1 Å². The highest BCUT2D eigenvalue weighted by Gasteiger charge is 2.26. The number of hydrogen-bond donors (Lipinski definition) is 2. The van der Waals surface area contributed by atoms with Crippen molar-refractivity contribution >= 4 is 0 Å². The molecule has 0 amide bonds. The van der Waals surface area contributed by atoms with Crippen molar-refractivity contribution in [2.24, 2.45) is 0 Å². The number of methoxy groups -OCH3 is 1. The minimum Gasteiger partial charge on any atom is -0.497 e. The van der Waals surface area contributed by atoms with Crippen LogP contribution in [0, 0.1) is 6.92 Å². The number of benzene rings is 1. The van der Waals surface area contributed by atoms with Crippen LogP contribution >= 0.6 is 0 Å². The molecule has 0 radical (unpaired) electrons. The molecule has 6 heteroatoms. The van der Waals surface area contributed by atoms with Crippen molar-refractivity contribution in [2.75, 3.05) is 13.7 Å². The molecular formula is C17H19N5O. The summed E-state index contributed by atoms with van der Waals surface area (Å²) in [4.78, 5) is 7.72. The third-order valence-corrected chi connectivity index (χ3v) is 4.42. The summed E-state index contributed by atoms with van der Waals surface area (Å²) in [6.07, 6.45) is 4.69. The molecule has 0 bridgehead atoms. The van der Waals surface area contributed by atoms with Gasteiger partial charge in [0.05, 0.1) is 37.1 Å². The average Bonchev–Trinajstić information content (AvgIpc) is 3.21. The van der Waals surface area contributed by atoms with Crippen molar-refractivity contribution < 1.29 is 4.74 Å². The van der Waals surface area contributed by atoms with E-state index in [0.29, 0.717) is 0 Å². The standard InChI is InChI=1S/C17H19N5O/c1-11-14(16-17-15(7-8-18-16)19-10-20-17)9-21-22(11)12-3-5-13(23-2)6-4-12/h3-6,9-10,16,18H,7-8H2,1-2H3,(H,19,20)/t16-/m0/s1. The number of nitrogens with zero attached hydrogens (tertiary/aromatic N) is 3.